The van der Waals surface area contributed by atoms with Crippen LogP contribution in [0.2, 0.25) is 0 Å². The molecular weight excluding hydrogens is 266 g/mol. The van der Waals surface area contributed by atoms with Crippen LogP contribution in [0.15, 0.2) is 18.7 Å². The Balaban J connectivity index is 1.38. The number of aromatic nitrogens is 2. The zero-order valence-electron chi connectivity index (χ0n) is 12.6. The van der Waals surface area contributed by atoms with Gasteiger partial charge in [0.25, 0.3) is 0 Å². The zero-order chi connectivity index (χ0) is 14.1. The first-order valence-electron chi connectivity index (χ1n) is 8.21. The van der Waals surface area contributed by atoms with Crippen molar-refractivity contribution in [1.82, 2.24) is 14.5 Å². The Kier molecular flexibility index (Phi) is 3.73. The van der Waals surface area contributed by atoms with Gasteiger partial charge in [-0.3, -0.25) is 4.90 Å². The molecule has 3 heterocycles. The van der Waals surface area contributed by atoms with Gasteiger partial charge in [0.05, 0.1) is 26.1 Å². The molecule has 1 aromatic rings. The summed E-state index contributed by atoms with van der Waals surface area (Å²) in [5.41, 5.74) is -0.0728. The maximum atomic E-state index is 6.25. The molecular formula is C16H25N3O2. The number of imidazole rings is 1. The lowest BCUT2D eigenvalue weighted by Gasteiger charge is -2.31. The van der Waals surface area contributed by atoms with E-state index in [9.17, 15) is 0 Å². The molecule has 3 fully saturated rings. The van der Waals surface area contributed by atoms with Crippen molar-refractivity contribution in [3.63, 3.8) is 0 Å². The van der Waals surface area contributed by atoms with Crippen molar-refractivity contribution >= 4 is 0 Å². The van der Waals surface area contributed by atoms with E-state index in [1.54, 1.807) is 0 Å². The van der Waals surface area contributed by atoms with Crippen LogP contribution in [0.25, 0.3) is 0 Å². The molecule has 21 heavy (non-hydrogen) atoms. The molecule has 5 heteroatoms. The molecule has 0 unspecified atom stereocenters. The maximum Gasteiger partial charge on any atom is 0.104 e. The summed E-state index contributed by atoms with van der Waals surface area (Å²) in [6.45, 7) is 6.81. The molecule has 2 saturated heterocycles. The number of ether oxygens (including phenoxy) is 2. The van der Waals surface area contributed by atoms with Crippen molar-refractivity contribution in [3.8, 4) is 0 Å². The van der Waals surface area contributed by atoms with E-state index in [4.69, 9.17) is 9.47 Å². The van der Waals surface area contributed by atoms with Gasteiger partial charge < -0.3 is 14.0 Å². The summed E-state index contributed by atoms with van der Waals surface area (Å²) in [6, 6.07) is 0. The van der Waals surface area contributed by atoms with Gasteiger partial charge >= 0.3 is 0 Å². The van der Waals surface area contributed by atoms with Crippen LogP contribution >= 0.6 is 0 Å². The molecule has 116 valence electrons. The molecule has 2 atom stereocenters. The van der Waals surface area contributed by atoms with E-state index < -0.39 is 0 Å². The van der Waals surface area contributed by atoms with Crippen LogP contribution in [0.4, 0.5) is 0 Å². The van der Waals surface area contributed by atoms with Crippen molar-refractivity contribution in [3.05, 3.63) is 18.7 Å². The quantitative estimate of drug-likeness (QED) is 0.841. The Morgan fingerprint density at radius 2 is 2.19 bits per heavy atom. The minimum absolute atomic E-state index is 0.0728. The molecule has 1 saturated carbocycles. The number of rotatable bonds is 4. The van der Waals surface area contributed by atoms with Crippen LogP contribution < -0.4 is 0 Å². The molecule has 1 spiro atoms. The summed E-state index contributed by atoms with van der Waals surface area (Å²) >= 11 is 0. The van der Waals surface area contributed by atoms with Gasteiger partial charge in [0, 0.05) is 44.5 Å². The molecule has 0 aromatic carbocycles. The summed E-state index contributed by atoms with van der Waals surface area (Å²) in [6.07, 6.45) is 9.70. The van der Waals surface area contributed by atoms with E-state index in [0.717, 1.165) is 51.8 Å². The monoisotopic (exact) mass is 291 g/mol. The molecule has 1 aromatic heterocycles. The van der Waals surface area contributed by atoms with Crippen molar-refractivity contribution in [2.45, 2.75) is 31.4 Å². The highest BCUT2D eigenvalue weighted by Crippen LogP contribution is 2.35. The molecule has 1 aliphatic carbocycles. The van der Waals surface area contributed by atoms with Crippen molar-refractivity contribution < 1.29 is 9.47 Å². The summed E-state index contributed by atoms with van der Waals surface area (Å²) in [5.74, 6) is 1.51. The van der Waals surface area contributed by atoms with Crippen LogP contribution in [0.5, 0.6) is 0 Å². The Morgan fingerprint density at radius 3 is 3.00 bits per heavy atom. The van der Waals surface area contributed by atoms with E-state index in [1.165, 1.54) is 19.4 Å². The van der Waals surface area contributed by atoms with Gasteiger partial charge in [0.15, 0.2) is 0 Å². The summed E-state index contributed by atoms with van der Waals surface area (Å²) < 4.78 is 14.3. The summed E-state index contributed by atoms with van der Waals surface area (Å²) in [4.78, 5) is 6.70. The second kappa shape index (κ2) is 5.71. The molecule has 3 aliphatic rings. The third-order valence-corrected chi connectivity index (χ3v) is 4.96. The third-order valence-electron chi connectivity index (χ3n) is 4.96. The third kappa shape index (κ3) is 3.30. The van der Waals surface area contributed by atoms with Gasteiger partial charge in [-0.2, -0.15) is 0 Å². The second-order valence-electron chi connectivity index (χ2n) is 7.05. The zero-order valence-corrected chi connectivity index (χ0v) is 12.6. The number of nitrogens with zero attached hydrogens (tertiary/aromatic N) is 3. The lowest BCUT2D eigenvalue weighted by molar-refractivity contribution is -0.0559. The first kappa shape index (κ1) is 13.7. The Morgan fingerprint density at radius 1 is 1.24 bits per heavy atom. The fourth-order valence-corrected chi connectivity index (χ4v) is 3.76. The highest BCUT2D eigenvalue weighted by Gasteiger charge is 2.43. The predicted molar refractivity (Wildman–Crippen MR) is 79.0 cm³/mol. The van der Waals surface area contributed by atoms with Gasteiger partial charge in [-0.05, 0) is 25.2 Å². The van der Waals surface area contributed by atoms with E-state index in [2.05, 4.69) is 14.5 Å². The topological polar surface area (TPSA) is 39.5 Å². The fraction of sp³-hybridized carbons (Fsp3) is 0.812. The van der Waals surface area contributed by atoms with E-state index in [1.807, 2.05) is 18.7 Å². The largest absolute Gasteiger partial charge is 0.377 e. The van der Waals surface area contributed by atoms with Crippen LogP contribution in [0.1, 0.15) is 19.3 Å². The molecule has 2 aliphatic heterocycles. The fourth-order valence-electron chi connectivity index (χ4n) is 3.76. The summed E-state index contributed by atoms with van der Waals surface area (Å²) in [7, 11) is 0. The minimum atomic E-state index is -0.0728. The molecule has 5 nitrogen and oxygen atoms in total. The number of hydrogen-bond donors (Lipinski definition) is 0. The Labute approximate surface area is 126 Å². The second-order valence-corrected chi connectivity index (χ2v) is 7.05. The number of hydrogen-bond acceptors (Lipinski definition) is 4. The van der Waals surface area contributed by atoms with Crippen LogP contribution in [-0.2, 0) is 16.0 Å². The Bertz CT molecular complexity index is 460. The maximum absolute atomic E-state index is 6.25. The van der Waals surface area contributed by atoms with Crippen LogP contribution in [-0.4, -0.2) is 59.5 Å². The average molecular weight is 291 g/mol. The standard InChI is InChI=1S/C16H25N3O2/c1-2-14(1)8-18-5-6-20-12-16(11-18)7-15(10-21-16)9-19-4-3-17-13-19/h3-4,13-15H,1-2,5-12H2/t15-,16-/m0/s1. The van der Waals surface area contributed by atoms with Gasteiger partial charge in [-0.25, -0.2) is 4.98 Å². The molecule has 0 radical (unpaired) electrons. The van der Waals surface area contributed by atoms with Gasteiger partial charge in [-0.15, -0.1) is 0 Å². The molecule has 4 rings (SSSR count). The van der Waals surface area contributed by atoms with Crippen LogP contribution in [0, 0.1) is 11.8 Å². The highest BCUT2D eigenvalue weighted by atomic mass is 16.5. The smallest absolute Gasteiger partial charge is 0.104 e. The predicted octanol–water partition coefficient (Wildman–Crippen LogP) is 1.40. The van der Waals surface area contributed by atoms with Crippen LogP contribution in [0.3, 0.4) is 0 Å². The first-order valence-corrected chi connectivity index (χ1v) is 8.21. The normalized spacial score (nSPS) is 34.4. The lowest BCUT2D eigenvalue weighted by Crippen LogP contribution is -2.44. The van der Waals surface area contributed by atoms with E-state index >= 15 is 0 Å². The molecule has 0 amide bonds. The Hall–Kier alpha value is -0.910. The van der Waals surface area contributed by atoms with Crippen molar-refractivity contribution in [2.24, 2.45) is 11.8 Å². The minimum Gasteiger partial charge on any atom is -0.377 e. The summed E-state index contributed by atoms with van der Waals surface area (Å²) in [5, 5.41) is 0. The van der Waals surface area contributed by atoms with E-state index in [-0.39, 0.29) is 5.60 Å². The van der Waals surface area contributed by atoms with Gasteiger partial charge in [-0.1, -0.05) is 0 Å². The highest BCUT2D eigenvalue weighted by molar-refractivity contribution is 4.95. The average Bonchev–Trinajstić information content (AvgIpc) is 3.04. The molecule has 0 bridgehead atoms. The van der Waals surface area contributed by atoms with Crippen molar-refractivity contribution in [1.29, 1.82) is 0 Å². The van der Waals surface area contributed by atoms with Gasteiger partial charge in [0.1, 0.15) is 5.60 Å². The SMILES string of the molecule is c1cn(C[C@H]2CO[C@@]3(COCCN(CC4CC4)C3)C2)cn1. The first-order chi connectivity index (χ1) is 10.3. The van der Waals surface area contributed by atoms with Crippen molar-refractivity contribution in [2.75, 3.05) is 39.5 Å². The van der Waals surface area contributed by atoms with E-state index in [0.29, 0.717) is 5.92 Å². The van der Waals surface area contributed by atoms with Gasteiger partial charge in [0.2, 0.25) is 0 Å². The molecule has 0 N–H and O–H groups in total. The lowest BCUT2D eigenvalue weighted by atomic mass is 9.94.